The highest BCUT2D eigenvalue weighted by molar-refractivity contribution is 6.07. The summed E-state index contributed by atoms with van der Waals surface area (Å²) < 4.78 is 11.9. The molecule has 174 valence electrons. The van der Waals surface area contributed by atoms with E-state index in [4.69, 9.17) is 9.15 Å². The number of amides is 1. The quantitative estimate of drug-likeness (QED) is 0.267. The molecule has 0 aliphatic rings. The molecular formula is C30H26N2O3. The van der Waals surface area contributed by atoms with Gasteiger partial charge in [-0.25, -0.2) is 4.98 Å². The molecule has 1 N–H and O–H groups in total. The SMILES string of the molecule is CCOc1cc2occ(-c3cccc4ccccc34)c2cc1/C(C)=C/C(=O)Nc1ncccc1C. The van der Waals surface area contributed by atoms with Crippen LogP contribution < -0.4 is 10.1 Å². The molecule has 0 aliphatic carbocycles. The first-order valence-corrected chi connectivity index (χ1v) is 11.6. The number of anilines is 1. The molecule has 0 atom stereocenters. The van der Waals surface area contributed by atoms with Gasteiger partial charge in [0.25, 0.3) is 0 Å². The van der Waals surface area contributed by atoms with E-state index >= 15 is 0 Å². The third kappa shape index (κ3) is 4.41. The zero-order valence-corrected chi connectivity index (χ0v) is 20.0. The minimum absolute atomic E-state index is 0.242. The van der Waals surface area contributed by atoms with Gasteiger partial charge in [0.05, 0.1) is 12.9 Å². The van der Waals surface area contributed by atoms with Crippen molar-refractivity contribution in [3.63, 3.8) is 0 Å². The number of aromatic nitrogens is 1. The summed E-state index contributed by atoms with van der Waals surface area (Å²) in [6, 6.07) is 22.3. The molecule has 0 unspecified atom stereocenters. The third-order valence-corrected chi connectivity index (χ3v) is 6.08. The van der Waals surface area contributed by atoms with Crippen LogP contribution in [0.2, 0.25) is 0 Å². The second-order valence-electron chi connectivity index (χ2n) is 8.44. The average Bonchev–Trinajstić information content (AvgIpc) is 3.27. The van der Waals surface area contributed by atoms with Crippen molar-refractivity contribution in [2.75, 3.05) is 11.9 Å². The number of fused-ring (bicyclic) bond motifs is 2. The van der Waals surface area contributed by atoms with Gasteiger partial charge in [0.2, 0.25) is 5.91 Å². The lowest BCUT2D eigenvalue weighted by Crippen LogP contribution is -2.11. The van der Waals surface area contributed by atoms with Crippen molar-refractivity contribution in [2.24, 2.45) is 0 Å². The van der Waals surface area contributed by atoms with E-state index in [0.29, 0.717) is 18.2 Å². The summed E-state index contributed by atoms with van der Waals surface area (Å²) >= 11 is 0. The Bertz CT molecular complexity index is 1570. The summed E-state index contributed by atoms with van der Waals surface area (Å²) in [7, 11) is 0. The number of pyridine rings is 1. The minimum atomic E-state index is -0.242. The Labute approximate surface area is 204 Å². The summed E-state index contributed by atoms with van der Waals surface area (Å²) in [6.45, 7) is 6.26. The Kier molecular flexibility index (Phi) is 6.06. The van der Waals surface area contributed by atoms with E-state index in [0.717, 1.165) is 44.2 Å². The highest BCUT2D eigenvalue weighted by atomic mass is 16.5. The molecule has 5 aromatic rings. The van der Waals surface area contributed by atoms with E-state index in [1.54, 1.807) is 18.5 Å². The molecule has 0 aliphatic heterocycles. The average molecular weight is 463 g/mol. The van der Waals surface area contributed by atoms with Gasteiger partial charge in [-0.05, 0) is 60.4 Å². The van der Waals surface area contributed by atoms with Crippen molar-refractivity contribution in [3.8, 4) is 16.9 Å². The number of nitrogens with one attached hydrogen (secondary N) is 1. The van der Waals surface area contributed by atoms with Gasteiger partial charge in [-0.2, -0.15) is 0 Å². The molecule has 5 heteroatoms. The number of hydrogen-bond donors (Lipinski definition) is 1. The number of furan rings is 1. The monoisotopic (exact) mass is 462 g/mol. The summed E-state index contributed by atoms with van der Waals surface area (Å²) in [5.41, 5.74) is 5.37. The van der Waals surface area contributed by atoms with Crippen molar-refractivity contribution in [2.45, 2.75) is 20.8 Å². The number of aryl methyl sites for hydroxylation is 1. The molecule has 0 fully saturated rings. The van der Waals surface area contributed by atoms with Gasteiger partial charge in [-0.15, -0.1) is 0 Å². The van der Waals surface area contributed by atoms with Crippen LogP contribution in [-0.4, -0.2) is 17.5 Å². The van der Waals surface area contributed by atoms with Crippen LogP contribution in [0.5, 0.6) is 5.75 Å². The predicted molar refractivity (Wildman–Crippen MR) is 142 cm³/mol. The second-order valence-corrected chi connectivity index (χ2v) is 8.44. The maximum atomic E-state index is 12.8. The van der Waals surface area contributed by atoms with E-state index in [1.807, 2.05) is 57.2 Å². The maximum Gasteiger partial charge on any atom is 0.249 e. The first-order chi connectivity index (χ1) is 17.0. The van der Waals surface area contributed by atoms with Crippen LogP contribution in [0.25, 0.3) is 38.4 Å². The van der Waals surface area contributed by atoms with Crippen molar-refractivity contribution >= 4 is 39.0 Å². The van der Waals surface area contributed by atoms with Crippen LogP contribution in [0.15, 0.2) is 89.7 Å². The fourth-order valence-corrected chi connectivity index (χ4v) is 4.35. The van der Waals surface area contributed by atoms with E-state index in [1.165, 1.54) is 5.39 Å². The molecule has 0 saturated heterocycles. The fourth-order valence-electron chi connectivity index (χ4n) is 4.35. The maximum absolute atomic E-state index is 12.8. The highest BCUT2D eigenvalue weighted by Crippen LogP contribution is 2.39. The van der Waals surface area contributed by atoms with Gasteiger partial charge in [0.15, 0.2) is 0 Å². The van der Waals surface area contributed by atoms with Crippen molar-refractivity contribution < 1.29 is 13.9 Å². The number of carbonyl (C=O) groups is 1. The van der Waals surface area contributed by atoms with Crippen molar-refractivity contribution in [1.29, 1.82) is 0 Å². The van der Waals surface area contributed by atoms with Gasteiger partial charge < -0.3 is 14.5 Å². The van der Waals surface area contributed by atoms with Crippen LogP contribution in [-0.2, 0) is 4.79 Å². The summed E-state index contributed by atoms with van der Waals surface area (Å²) in [5.74, 6) is 0.984. The zero-order chi connectivity index (χ0) is 24.4. The first kappa shape index (κ1) is 22.4. The number of allylic oxidation sites excluding steroid dienone is 1. The van der Waals surface area contributed by atoms with Gasteiger partial charge in [0, 0.05) is 34.9 Å². The lowest BCUT2D eigenvalue weighted by molar-refractivity contribution is -0.111. The summed E-state index contributed by atoms with van der Waals surface area (Å²) in [5, 5.41) is 6.16. The van der Waals surface area contributed by atoms with Crippen LogP contribution in [0.1, 0.15) is 25.0 Å². The largest absolute Gasteiger partial charge is 0.493 e. The predicted octanol–water partition coefficient (Wildman–Crippen LogP) is 7.40. The Hall–Kier alpha value is -4.38. The van der Waals surface area contributed by atoms with Crippen LogP contribution in [0.3, 0.4) is 0 Å². The van der Waals surface area contributed by atoms with E-state index in [-0.39, 0.29) is 5.91 Å². The van der Waals surface area contributed by atoms with Gasteiger partial charge in [0.1, 0.15) is 17.2 Å². The lowest BCUT2D eigenvalue weighted by Gasteiger charge is -2.12. The molecule has 5 rings (SSSR count). The molecule has 0 bridgehead atoms. The number of hydrogen-bond acceptors (Lipinski definition) is 4. The Morgan fingerprint density at radius 2 is 1.86 bits per heavy atom. The molecule has 1 amide bonds. The number of benzene rings is 3. The first-order valence-electron chi connectivity index (χ1n) is 11.6. The molecule has 5 nitrogen and oxygen atoms in total. The topological polar surface area (TPSA) is 64.4 Å². The van der Waals surface area contributed by atoms with Crippen molar-refractivity contribution in [3.05, 3.63) is 96.4 Å². The van der Waals surface area contributed by atoms with Crippen LogP contribution >= 0.6 is 0 Å². The van der Waals surface area contributed by atoms with Gasteiger partial charge >= 0.3 is 0 Å². The summed E-state index contributed by atoms with van der Waals surface area (Å²) in [4.78, 5) is 17.0. The normalized spacial score (nSPS) is 11.7. The van der Waals surface area contributed by atoms with Gasteiger partial charge in [-0.3, -0.25) is 4.79 Å². The van der Waals surface area contributed by atoms with Crippen LogP contribution in [0.4, 0.5) is 5.82 Å². The molecule has 3 aromatic carbocycles. The fraction of sp³-hybridized carbons (Fsp3) is 0.133. The standard InChI is InChI=1S/C30H26N2O3/c1-4-34-27-17-28-25(26(18-35-28)23-13-7-11-21-10-5-6-12-22(21)23)16-24(27)20(3)15-29(33)32-30-19(2)9-8-14-31-30/h5-18H,4H2,1-3H3,(H,31,32,33)/b20-15+. The van der Waals surface area contributed by atoms with Gasteiger partial charge in [-0.1, -0.05) is 48.5 Å². The minimum Gasteiger partial charge on any atom is -0.493 e. The Balaban J connectivity index is 1.59. The Morgan fingerprint density at radius 3 is 2.69 bits per heavy atom. The Morgan fingerprint density at radius 1 is 1.03 bits per heavy atom. The molecule has 2 heterocycles. The van der Waals surface area contributed by atoms with E-state index < -0.39 is 0 Å². The smallest absolute Gasteiger partial charge is 0.249 e. The highest BCUT2D eigenvalue weighted by Gasteiger charge is 2.16. The lowest BCUT2D eigenvalue weighted by atomic mass is 9.96. The molecular weight excluding hydrogens is 436 g/mol. The number of nitrogens with zero attached hydrogens (tertiary/aromatic N) is 1. The second kappa shape index (κ2) is 9.47. The number of rotatable bonds is 6. The number of carbonyl (C=O) groups excluding carboxylic acids is 1. The van der Waals surface area contributed by atoms with Crippen molar-refractivity contribution in [1.82, 2.24) is 4.98 Å². The molecule has 0 spiro atoms. The number of ether oxygens (including phenoxy) is 1. The molecule has 35 heavy (non-hydrogen) atoms. The van der Waals surface area contributed by atoms with E-state index in [9.17, 15) is 4.79 Å². The summed E-state index contributed by atoms with van der Waals surface area (Å²) in [6.07, 6.45) is 5.03. The van der Waals surface area contributed by atoms with Crippen LogP contribution in [0, 0.1) is 6.92 Å². The molecule has 2 aromatic heterocycles. The molecule has 0 saturated carbocycles. The van der Waals surface area contributed by atoms with E-state index in [2.05, 4.69) is 40.6 Å². The zero-order valence-electron chi connectivity index (χ0n) is 20.0. The third-order valence-electron chi connectivity index (χ3n) is 6.08. The molecule has 0 radical (unpaired) electrons.